The van der Waals surface area contributed by atoms with Gasteiger partial charge in [0.25, 0.3) is 0 Å². The van der Waals surface area contributed by atoms with Gasteiger partial charge >= 0.3 is 5.97 Å². The van der Waals surface area contributed by atoms with Crippen molar-refractivity contribution in [3.8, 4) is 11.4 Å². The van der Waals surface area contributed by atoms with Crippen molar-refractivity contribution in [2.24, 2.45) is 0 Å². The molecule has 5 nitrogen and oxygen atoms in total. The molecular formula is C20H14BrN3O2. The maximum atomic E-state index is 12.6. The summed E-state index contributed by atoms with van der Waals surface area (Å²) in [6.45, 7) is 1.96. The molecule has 0 aliphatic rings. The third-order valence-corrected chi connectivity index (χ3v) is 4.60. The average molecular weight is 408 g/mol. The van der Waals surface area contributed by atoms with Gasteiger partial charge in [-0.15, -0.1) is 15.0 Å². The van der Waals surface area contributed by atoms with E-state index in [-0.39, 0.29) is 0 Å². The number of halogens is 1. The Balaban J connectivity index is 1.75. The molecule has 1 heterocycles. The van der Waals surface area contributed by atoms with E-state index < -0.39 is 5.97 Å². The van der Waals surface area contributed by atoms with E-state index in [4.69, 9.17) is 4.74 Å². The lowest BCUT2D eigenvalue weighted by molar-refractivity contribution is 0.0733. The van der Waals surface area contributed by atoms with Gasteiger partial charge in [0.2, 0.25) is 0 Å². The number of carbonyl (C=O) groups is 1. The van der Waals surface area contributed by atoms with Crippen LogP contribution in [0.15, 0.2) is 71.2 Å². The summed E-state index contributed by atoms with van der Waals surface area (Å²) in [6.07, 6.45) is 0. The number of hydrogen-bond acceptors (Lipinski definition) is 4. The number of rotatable bonds is 3. The second kappa shape index (κ2) is 6.72. The van der Waals surface area contributed by atoms with E-state index in [1.54, 1.807) is 24.3 Å². The van der Waals surface area contributed by atoms with Crippen LogP contribution in [0.25, 0.3) is 16.7 Å². The zero-order valence-electron chi connectivity index (χ0n) is 13.9. The fourth-order valence-electron chi connectivity index (χ4n) is 2.62. The van der Waals surface area contributed by atoms with E-state index in [0.29, 0.717) is 21.5 Å². The number of aryl methyl sites for hydroxylation is 1. The number of esters is 1. The standard InChI is InChI=1S/C20H14BrN3O2/c1-13-10-11-19(26-20(25)14-6-2-3-7-15(14)21)18(12-13)24-22-16-8-4-5-9-17(16)23-24/h2-12H,1H3. The van der Waals surface area contributed by atoms with Crippen LogP contribution < -0.4 is 4.74 Å². The van der Waals surface area contributed by atoms with E-state index in [2.05, 4.69) is 26.1 Å². The third-order valence-electron chi connectivity index (χ3n) is 3.91. The molecule has 0 saturated heterocycles. The number of hydrogen-bond donors (Lipinski definition) is 0. The van der Waals surface area contributed by atoms with Gasteiger partial charge in [0.15, 0.2) is 5.75 Å². The van der Waals surface area contributed by atoms with Gasteiger partial charge < -0.3 is 4.74 Å². The molecule has 0 aliphatic heterocycles. The molecule has 0 amide bonds. The number of benzene rings is 3. The second-order valence-corrected chi connectivity index (χ2v) is 6.67. The second-order valence-electron chi connectivity index (χ2n) is 5.82. The lowest BCUT2D eigenvalue weighted by Crippen LogP contribution is -2.12. The molecule has 1 aromatic heterocycles. The van der Waals surface area contributed by atoms with Crippen LogP contribution in [-0.4, -0.2) is 21.0 Å². The first-order valence-corrected chi connectivity index (χ1v) is 8.81. The highest BCUT2D eigenvalue weighted by atomic mass is 79.9. The van der Waals surface area contributed by atoms with Crippen LogP contribution in [0.5, 0.6) is 5.75 Å². The molecule has 6 heteroatoms. The molecule has 0 radical (unpaired) electrons. The first-order chi connectivity index (χ1) is 12.6. The van der Waals surface area contributed by atoms with Crippen molar-refractivity contribution in [3.63, 3.8) is 0 Å². The van der Waals surface area contributed by atoms with Gasteiger partial charge in [-0.1, -0.05) is 30.3 Å². The van der Waals surface area contributed by atoms with Gasteiger partial charge in [0.1, 0.15) is 16.7 Å². The predicted octanol–water partition coefficient (Wildman–Crippen LogP) is 4.71. The zero-order chi connectivity index (χ0) is 18.1. The normalized spacial score (nSPS) is 10.8. The molecule has 0 aliphatic carbocycles. The first-order valence-electron chi connectivity index (χ1n) is 8.01. The summed E-state index contributed by atoms with van der Waals surface area (Å²) in [6, 6.07) is 20.3. The molecule has 0 N–H and O–H groups in total. The van der Waals surface area contributed by atoms with Crippen LogP contribution in [0.3, 0.4) is 0 Å². The molecule has 4 rings (SSSR count). The first kappa shape index (κ1) is 16.5. The Hall–Kier alpha value is -2.99. The van der Waals surface area contributed by atoms with Crippen molar-refractivity contribution >= 4 is 32.9 Å². The average Bonchev–Trinajstić information content (AvgIpc) is 3.07. The minimum atomic E-state index is -0.445. The molecule has 3 aromatic carbocycles. The molecule has 0 fully saturated rings. The lowest BCUT2D eigenvalue weighted by Gasteiger charge is -2.11. The number of nitrogens with zero attached hydrogens (tertiary/aromatic N) is 3. The highest BCUT2D eigenvalue weighted by molar-refractivity contribution is 9.10. The molecule has 0 unspecified atom stereocenters. The van der Waals surface area contributed by atoms with Crippen molar-refractivity contribution in [2.75, 3.05) is 0 Å². The number of ether oxygens (including phenoxy) is 1. The van der Waals surface area contributed by atoms with Crippen molar-refractivity contribution in [2.45, 2.75) is 6.92 Å². The minimum Gasteiger partial charge on any atom is -0.421 e. The predicted molar refractivity (Wildman–Crippen MR) is 103 cm³/mol. The number of fused-ring (bicyclic) bond motifs is 1. The molecule has 0 spiro atoms. The van der Waals surface area contributed by atoms with Gasteiger partial charge in [-0.05, 0) is 64.8 Å². The smallest absolute Gasteiger partial charge is 0.344 e. The zero-order valence-corrected chi connectivity index (χ0v) is 15.5. The van der Waals surface area contributed by atoms with Gasteiger partial charge in [-0.2, -0.15) is 0 Å². The Morgan fingerprint density at radius 1 is 0.962 bits per heavy atom. The summed E-state index contributed by atoms with van der Waals surface area (Å²) in [7, 11) is 0. The summed E-state index contributed by atoms with van der Waals surface area (Å²) in [5, 5.41) is 8.97. The fourth-order valence-corrected chi connectivity index (χ4v) is 3.07. The van der Waals surface area contributed by atoms with E-state index >= 15 is 0 Å². The van der Waals surface area contributed by atoms with Gasteiger partial charge in [-0.25, -0.2) is 4.79 Å². The van der Waals surface area contributed by atoms with Crippen LogP contribution in [0.2, 0.25) is 0 Å². The topological polar surface area (TPSA) is 57.0 Å². The summed E-state index contributed by atoms with van der Waals surface area (Å²) >= 11 is 3.38. The van der Waals surface area contributed by atoms with Crippen LogP contribution in [-0.2, 0) is 0 Å². The minimum absolute atomic E-state index is 0.400. The van der Waals surface area contributed by atoms with Crippen LogP contribution in [0.4, 0.5) is 0 Å². The molecule has 0 atom stereocenters. The molecule has 128 valence electrons. The molecule has 0 bridgehead atoms. The summed E-state index contributed by atoms with van der Waals surface area (Å²) in [4.78, 5) is 14.1. The quantitative estimate of drug-likeness (QED) is 0.364. The van der Waals surface area contributed by atoms with E-state index in [0.717, 1.165) is 16.6 Å². The van der Waals surface area contributed by atoms with Crippen molar-refractivity contribution < 1.29 is 9.53 Å². The van der Waals surface area contributed by atoms with Gasteiger partial charge in [-0.3, -0.25) is 0 Å². The molecule has 0 saturated carbocycles. The molecule has 26 heavy (non-hydrogen) atoms. The summed E-state index contributed by atoms with van der Waals surface area (Å²) in [5.74, 6) is -0.0454. The Morgan fingerprint density at radius 3 is 2.31 bits per heavy atom. The van der Waals surface area contributed by atoms with Gasteiger partial charge in [0.05, 0.1) is 5.56 Å². The maximum absolute atomic E-state index is 12.6. The monoisotopic (exact) mass is 407 g/mol. The SMILES string of the molecule is Cc1ccc(OC(=O)c2ccccc2Br)c(-n2nc3ccccc3n2)c1. The highest BCUT2D eigenvalue weighted by Crippen LogP contribution is 2.26. The molecular weight excluding hydrogens is 394 g/mol. The Bertz CT molecular complexity index is 1090. The molecule has 4 aromatic rings. The summed E-state index contributed by atoms with van der Waals surface area (Å²) in [5.41, 5.74) is 3.63. The highest BCUT2D eigenvalue weighted by Gasteiger charge is 2.16. The third kappa shape index (κ3) is 3.11. The van der Waals surface area contributed by atoms with Crippen LogP contribution in [0, 0.1) is 6.92 Å². The largest absolute Gasteiger partial charge is 0.421 e. The Labute approximate surface area is 158 Å². The fraction of sp³-hybridized carbons (Fsp3) is 0.0500. The van der Waals surface area contributed by atoms with Crippen molar-refractivity contribution in [1.29, 1.82) is 0 Å². The maximum Gasteiger partial charge on any atom is 0.344 e. The number of carbonyl (C=O) groups excluding carboxylic acids is 1. The Kier molecular flexibility index (Phi) is 4.26. The van der Waals surface area contributed by atoms with Gasteiger partial charge in [0, 0.05) is 4.47 Å². The lowest BCUT2D eigenvalue weighted by atomic mass is 10.2. The summed E-state index contributed by atoms with van der Waals surface area (Å²) < 4.78 is 6.33. The van der Waals surface area contributed by atoms with E-state index in [1.807, 2.05) is 49.4 Å². The van der Waals surface area contributed by atoms with Crippen LogP contribution >= 0.6 is 15.9 Å². The van der Waals surface area contributed by atoms with E-state index in [1.165, 1.54) is 4.80 Å². The van der Waals surface area contributed by atoms with E-state index in [9.17, 15) is 4.79 Å². The van der Waals surface area contributed by atoms with Crippen molar-refractivity contribution in [1.82, 2.24) is 15.0 Å². The van der Waals surface area contributed by atoms with Crippen molar-refractivity contribution in [3.05, 3.63) is 82.3 Å². The Morgan fingerprint density at radius 2 is 1.62 bits per heavy atom. The van der Waals surface area contributed by atoms with Crippen LogP contribution in [0.1, 0.15) is 15.9 Å². The number of aromatic nitrogens is 3.